The molecule has 0 aliphatic heterocycles. The Morgan fingerprint density at radius 2 is 2.07 bits per heavy atom. The normalized spacial score (nSPS) is 10.4. The van der Waals surface area contributed by atoms with Gasteiger partial charge in [-0.2, -0.15) is 0 Å². The van der Waals surface area contributed by atoms with E-state index < -0.39 is 5.24 Å². The van der Waals surface area contributed by atoms with Gasteiger partial charge in [0.15, 0.2) is 0 Å². The van der Waals surface area contributed by atoms with Crippen LogP contribution < -0.4 is 4.74 Å². The summed E-state index contributed by atoms with van der Waals surface area (Å²) >= 11 is 5.40. The smallest absolute Gasteiger partial charge is 0.252 e. The van der Waals surface area contributed by atoms with Crippen molar-refractivity contribution >= 4 is 16.8 Å². The lowest BCUT2D eigenvalue weighted by Gasteiger charge is -2.12. The van der Waals surface area contributed by atoms with Crippen LogP contribution in [0.1, 0.15) is 35.7 Å². The maximum absolute atomic E-state index is 10.9. The van der Waals surface area contributed by atoms with Crippen LogP contribution in [0.3, 0.4) is 0 Å². The maximum Gasteiger partial charge on any atom is 0.252 e. The molecule has 2 nitrogen and oxygen atoms in total. The third-order valence-corrected chi connectivity index (χ3v) is 2.30. The summed E-state index contributed by atoms with van der Waals surface area (Å²) in [5.41, 5.74) is 1.51. The summed E-state index contributed by atoms with van der Waals surface area (Å²) in [5, 5.41) is -0.436. The molecule has 0 atom stereocenters. The van der Waals surface area contributed by atoms with Gasteiger partial charge in [-0.15, -0.1) is 0 Å². The van der Waals surface area contributed by atoms with Gasteiger partial charge in [-0.1, -0.05) is 13.8 Å². The summed E-state index contributed by atoms with van der Waals surface area (Å²) in [4.78, 5) is 10.9. The number of carbonyl (C=O) groups is 1. The molecule has 0 saturated carbocycles. The van der Waals surface area contributed by atoms with E-state index in [1.807, 2.05) is 13.8 Å². The zero-order chi connectivity index (χ0) is 10.7. The van der Waals surface area contributed by atoms with Crippen molar-refractivity contribution in [2.24, 2.45) is 0 Å². The van der Waals surface area contributed by atoms with Crippen molar-refractivity contribution in [1.82, 2.24) is 0 Å². The Morgan fingerprint density at radius 1 is 1.43 bits per heavy atom. The van der Waals surface area contributed by atoms with Gasteiger partial charge >= 0.3 is 0 Å². The van der Waals surface area contributed by atoms with E-state index in [2.05, 4.69) is 0 Å². The average Bonchev–Trinajstić information content (AvgIpc) is 2.16. The van der Waals surface area contributed by atoms with E-state index in [0.717, 1.165) is 11.3 Å². The highest BCUT2D eigenvalue weighted by molar-refractivity contribution is 6.67. The molecule has 3 heteroatoms. The van der Waals surface area contributed by atoms with Crippen LogP contribution in [0.5, 0.6) is 5.75 Å². The number of methoxy groups -OCH3 is 1. The molecule has 1 aromatic carbocycles. The molecule has 0 saturated heterocycles. The first kappa shape index (κ1) is 11.1. The van der Waals surface area contributed by atoms with E-state index in [-0.39, 0.29) is 0 Å². The zero-order valence-corrected chi connectivity index (χ0v) is 9.26. The molecule has 0 aliphatic carbocycles. The molecule has 14 heavy (non-hydrogen) atoms. The van der Waals surface area contributed by atoms with Crippen LogP contribution in [-0.4, -0.2) is 12.4 Å². The number of carbonyl (C=O) groups excluding carboxylic acids is 1. The molecule has 0 spiro atoms. The van der Waals surface area contributed by atoms with Crippen LogP contribution in [0.25, 0.3) is 0 Å². The first-order chi connectivity index (χ1) is 6.56. The zero-order valence-electron chi connectivity index (χ0n) is 8.50. The van der Waals surface area contributed by atoms with Gasteiger partial charge in [0.1, 0.15) is 5.75 Å². The van der Waals surface area contributed by atoms with Crippen LogP contribution in [0.2, 0.25) is 0 Å². The summed E-state index contributed by atoms with van der Waals surface area (Å²) in [7, 11) is 1.61. The summed E-state index contributed by atoms with van der Waals surface area (Å²) in [6.07, 6.45) is 0. The second kappa shape index (κ2) is 4.47. The minimum Gasteiger partial charge on any atom is -0.496 e. The SMILES string of the molecule is COc1ccc(C(=O)Cl)cc1C(C)C. The van der Waals surface area contributed by atoms with Gasteiger partial charge in [0.25, 0.3) is 5.24 Å². The number of rotatable bonds is 3. The minimum atomic E-state index is -0.436. The van der Waals surface area contributed by atoms with Crippen LogP contribution in [0, 0.1) is 0 Å². The minimum absolute atomic E-state index is 0.306. The van der Waals surface area contributed by atoms with E-state index in [4.69, 9.17) is 16.3 Å². The van der Waals surface area contributed by atoms with E-state index in [0.29, 0.717) is 11.5 Å². The topological polar surface area (TPSA) is 26.3 Å². The summed E-state index contributed by atoms with van der Waals surface area (Å²) < 4.78 is 5.19. The largest absolute Gasteiger partial charge is 0.496 e. The number of ether oxygens (including phenoxy) is 1. The Bertz CT molecular complexity index is 345. The van der Waals surface area contributed by atoms with Gasteiger partial charge in [-0.25, -0.2) is 0 Å². The third kappa shape index (κ3) is 2.26. The molecule has 0 bridgehead atoms. The number of benzene rings is 1. The van der Waals surface area contributed by atoms with Gasteiger partial charge in [0, 0.05) is 5.56 Å². The van der Waals surface area contributed by atoms with Crippen molar-refractivity contribution < 1.29 is 9.53 Å². The molecule has 76 valence electrons. The Hall–Kier alpha value is -1.02. The second-order valence-electron chi connectivity index (χ2n) is 3.39. The van der Waals surface area contributed by atoms with Crippen molar-refractivity contribution in [1.29, 1.82) is 0 Å². The van der Waals surface area contributed by atoms with Crippen LogP contribution >= 0.6 is 11.6 Å². The molecule has 0 N–H and O–H groups in total. The highest BCUT2D eigenvalue weighted by Gasteiger charge is 2.10. The molecule has 1 rings (SSSR count). The first-order valence-electron chi connectivity index (χ1n) is 4.44. The van der Waals surface area contributed by atoms with E-state index in [9.17, 15) is 4.79 Å². The second-order valence-corrected chi connectivity index (χ2v) is 3.73. The lowest BCUT2D eigenvalue weighted by molar-refractivity contribution is 0.108. The maximum atomic E-state index is 10.9. The Morgan fingerprint density at radius 3 is 2.50 bits per heavy atom. The van der Waals surface area contributed by atoms with Crippen LogP contribution in [0.15, 0.2) is 18.2 Å². The molecule has 1 aromatic rings. The van der Waals surface area contributed by atoms with Crippen molar-refractivity contribution in [3.8, 4) is 5.75 Å². The number of hydrogen-bond donors (Lipinski definition) is 0. The van der Waals surface area contributed by atoms with Crippen molar-refractivity contribution in [2.75, 3.05) is 7.11 Å². The predicted octanol–water partition coefficient (Wildman–Crippen LogP) is 3.20. The number of hydrogen-bond acceptors (Lipinski definition) is 2. The van der Waals surface area contributed by atoms with Crippen molar-refractivity contribution in [2.45, 2.75) is 19.8 Å². The Labute approximate surface area is 88.8 Å². The van der Waals surface area contributed by atoms with Gasteiger partial charge < -0.3 is 4.74 Å². The summed E-state index contributed by atoms with van der Waals surface area (Å²) in [6.45, 7) is 4.08. The van der Waals surface area contributed by atoms with Gasteiger partial charge in [0.2, 0.25) is 0 Å². The Kier molecular flexibility index (Phi) is 3.53. The highest BCUT2D eigenvalue weighted by atomic mass is 35.5. The lowest BCUT2D eigenvalue weighted by Crippen LogP contribution is -1.97. The molecular weight excluding hydrogens is 200 g/mol. The van der Waals surface area contributed by atoms with E-state index in [1.165, 1.54) is 0 Å². The van der Waals surface area contributed by atoms with Crippen LogP contribution in [-0.2, 0) is 0 Å². The standard InChI is InChI=1S/C11H13ClO2/c1-7(2)9-6-8(11(12)13)4-5-10(9)14-3/h4-7H,1-3H3. The van der Waals surface area contributed by atoms with E-state index >= 15 is 0 Å². The highest BCUT2D eigenvalue weighted by Crippen LogP contribution is 2.27. The molecule has 0 heterocycles. The molecule has 0 unspecified atom stereocenters. The molecular formula is C11H13ClO2. The fraction of sp³-hybridized carbons (Fsp3) is 0.364. The fourth-order valence-electron chi connectivity index (χ4n) is 1.31. The monoisotopic (exact) mass is 212 g/mol. The molecule has 0 fully saturated rings. The summed E-state index contributed by atoms with van der Waals surface area (Å²) in [6, 6.07) is 5.21. The molecule has 0 aliphatic rings. The third-order valence-electron chi connectivity index (χ3n) is 2.08. The van der Waals surface area contributed by atoms with Gasteiger partial charge in [-0.05, 0) is 41.3 Å². The fourth-order valence-corrected chi connectivity index (χ4v) is 1.43. The van der Waals surface area contributed by atoms with Crippen LogP contribution in [0.4, 0.5) is 0 Å². The van der Waals surface area contributed by atoms with Gasteiger partial charge in [0.05, 0.1) is 7.11 Å². The molecule has 0 aromatic heterocycles. The average molecular weight is 213 g/mol. The number of halogens is 1. The van der Waals surface area contributed by atoms with E-state index in [1.54, 1.807) is 25.3 Å². The lowest BCUT2D eigenvalue weighted by atomic mass is 10.00. The quantitative estimate of drug-likeness (QED) is 0.720. The summed E-state index contributed by atoms with van der Waals surface area (Å²) in [5.74, 6) is 1.10. The van der Waals surface area contributed by atoms with Crippen molar-refractivity contribution in [3.05, 3.63) is 29.3 Å². The molecule has 0 radical (unpaired) electrons. The molecule has 0 amide bonds. The predicted molar refractivity (Wildman–Crippen MR) is 57.3 cm³/mol. The Balaban J connectivity index is 3.20. The first-order valence-corrected chi connectivity index (χ1v) is 4.81. The van der Waals surface area contributed by atoms with Crippen molar-refractivity contribution in [3.63, 3.8) is 0 Å². The van der Waals surface area contributed by atoms with Gasteiger partial charge in [-0.3, -0.25) is 4.79 Å².